The molecule has 1 saturated heterocycles. The van der Waals surface area contributed by atoms with Crippen LogP contribution in [0.4, 0.5) is 0 Å². The van der Waals surface area contributed by atoms with Crippen LogP contribution in [0.2, 0.25) is 0 Å². The fourth-order valence-corrected chi connectivity index (χ4v) is 5.11. The number of fused-ring (bicyclic) bond motifs is 1. The molecule has 2 atom stereocenters. The van der Waals surface area contributed by atoms with Gasteiger partial charge in [-0.2, -0.15) is 0 Å². The van der Waals surface area contributed by atoms with Gasteiger partial charge in [0.1, 0.15) is 12.4 Å². The summed E-state index contributed by atoms with van der Waals surface area (Å²) in [6, 6.07) is 25.4. The molecule has 0 amide bonds. The van der Waals surface area contributed by atoms with E-state index in [2.05, 4.69) is 12.1 Å². The maximum Gasteiger partial charge on any atom is 0.262 e. The third-order valence-corrected chi connectivity index (χ3v) is 7.17. The van der Waals surface area contributed by atoms with Gasteiger partial charge in [-0.1, -0.05) is 66.4 Å². The van der Waals surface area contributed by atoms with Crippen LogP contribution in [-0.4, -0.2) is 45.8 Å². The van der Waals surface area contributed by atoms with Crippen molar-refractivity contribution in [1.29, 1.82) is 0 Å². The average Bonchev–Trinajstić information content (AvgIpc) is 3.42. The minimum Gasteiger partial charge on any atom is -0.491 e. The monoisotopic (exact) mass is 488 g/mol. The van der Waals surface area contributed by atoms with Crippen molar-refractivity contribution in [3.63, 3.8) is 0 Å². The van der Waals surface area contributed by atoms with Crippen molar-refractivity contribution in [1.82, 2.24) is 9.55 Å². The number of ether oxygens (including phenoxy) is 2. The lowest BCUT2D eigenvalue weighted by Gasteiger charge is -2.17. The van der Waals surface area contributed by atoms with Crippen LogP contribution in [0.5, 0.6) is 5.75 Å². The number of benzene rings is 3. The molecule has 2 heterocycles. The molecule has 1 aliphatic rings. The predicted molar refractivity (Wildman–Crippen MR) is 139 cm³/mol. The zero-order valence-corrected chi connectivity index (χ0v) is 20.2. The molecule has 0 bridgehead atoms. The highest BCUT2D eigenvalue weighted by molar-refractivity contribution is 7.99. The number of hydrogen-bond donors (Lipinski definition) is 1. The third kappa shape index (κ3) is 5.75. The van der Waals surface area contributed by atoms with Crippen LogP contribution in [0.3, 0.4) is 0 Å². The Bertz CT molecular complexity index is 1320. The summed E-state index contributed by atoms with van der Waals surface area (Å²) in [5, 5.41) is 11.8. The Balaban J connectivity index is 1.23. The standard InChI is InChI=1S/C28H28N2O4S/c31-22(18-34-23-14-12-21(13-15-23)20-7-2-1-3-8-20)19-35-28-29-26-11-5-4-10-25(26)27(32)30(28)17-24-9-6-16-33-24/h1-5,7-8,10-15,22,24,31H,6,9,16-19H2. The first-order valence-electron chi connectivity index (χ1n) is 11.9. The number of aliphatic hydroxyl groups is 1. The Morgan fingerprint density at radius 3 is 2.54 bits per heavy atom. The second kappa shape index (κ2) is 11.1. The van der Waals surface area contributed by atoms with Crippen LogP contribution in [0.1, 0.15) is 12.8 Å². The highest BCUT2D eigenvalue weighted by atomic mass is 32.2. The molecule has 1 aliphatic heterocycles. The van der Waals surface area contributed by atoms with Crippen molar-refractivity contribution >= 4 is 22.7 Å². The summed E-state index contributed by atoms with van der Waals surface area (Å²) in [6.07, 6.45) is 1.24. The van der Waals surface area contributed by atoms with Gasteiger partial charge in [0.05, 0.1) is 29.7 Å². The first-order valence-corrected chi connectivity index (χ1v) is 12.9. The van der Waals surface area contributed by atoms with Gasteiger partial charge < -0.3 is 14.6 Å². The van der Waals surface area contributed by atoms with Gasteiger partial charge in [0.25, 0.3) is 5.56 Å². The second-order valence-electron chi connectivity index (χ2n) is 8.63. The molecule has 3 aromatic carbocycles. The van der Waals surface area contributed by atoms with E-state index in [4.69, 9.17) is 14.5 Å². The van der Waals surface area contributed by atoms with E-state index in [0.717, 1.165) is 30.6 Å². The Morgan fingerprint density at radius 1 is 1.03 bits per heavy atom. The van der Waals surface area contributed by atoms with Gasteiger partial charge in [-0.05, 0) is 48.2 Å². The van der Waals surface area contributed by atoms with Gasteiger partial charge in [-0.3, -0.25) is 9.36 Å². The van der Waals surface area contributed by atoms with Crippen molar-refractivity contribution in [2.24, 2.45) is 0 Å². The lowest BCUT2D eigenvalue weighted by atomic mass is 10.1. The molecule has 4 aromatic rings. The van der Waals surface area contributed by atoms with Crippen LogP contribution in [0.25, 0.3) is 22.0 Å². The highest BCUT2D eigenvalue weighted by Gasteiger charge is 2.21. The molecule has 0 aliphatic carbocycles. The normalized spacial score (nSPS) is 16.4. The first-order chi connectivity index (χ1) is 17.2. The van der Waals surface area contributed by atoms with Crippen molar-refractivity contribution < 1.29 is 14.6 Å². The molecule has 1 N–H and O–H groups in total. The van der Waals surface area contributed by atoms with Crippen LogP contribution in [-0.2, 0) is 11.3 Å². The van der Waals surface area contributed by atoms with Crippen molar-refractivity contribution in [2.45, 2.75) is 36.8 Å². The molecule has 180 valence electrons. The number of rotatable bonds is 9. The van der Waals surface area contributed by atoms with E-state index < -0.39 is 6.10 Å². The van der Waals surface area contributed by atoms with E-state index in [1.54, 1.807) is 10.6 Å². The predicted octanol–water partition coefficient (Wildman–Crippen LogP) is 4.77. The van der Waals surface area contributed by atoms with Gasteiger partial charge >= 0.3 is 0 Å². The minimum absolute atomic E-state index is 0.0159. The summed E-state index contributed by atoms with van der Waals surface area (Å²) in [4.78, 5) is 17.9. The van der Waals surface area contributed by atoms with E-state index in [1.807, 2.05) is 60.7 Å². The van der Waals surface area contributed by atoms with Crippen molar-refractivity contribution in [2.75, 3.05) is 19.0 Å². The number of hydrogen-bond acceptors (Lipinski definition) is 6. The van der Waals surface area contributed by atoms with E-state index in [9.17, 15) is 9.90 Å². The minimum atomic E-state index is -0.714. The second-order valence-corrected chi connectivity index (χ2v) is 9.62. The number of aromatic nitrogens is 2. The number of thioether (sulfide) groups is 1. The smallest absolute Gasteiger partial charge is 0.262 e. The molecule has 0 spiro atoms. The molecule has 6 nitrogen and oxygen atoms in total. The summed E-state index contributed by atoms with van der Waals surface area (Å²) in [7, 11) is 0. The topological polar surface area (TPSA) is 73.6 Å². The Hall–Kier alpha value is -3.13. The summed E-state index contributed by atoms with van der Waals surface area (Å²) in [5.74, 6) is 1.06. The van der Waals surface area contributed by atoms with Crippen LogP contribution < -0.4 is 10.3 Å². The van der Waals surface area contributed by atoms with Crippen LogP contribution in [0, 0.1) is 0 Å². The lowest BCUT2D eigenvalue weighted by Crippen LogP contribution is -2.29. The summed E-state index contributed by atoms with van der Waals surface area (Å²) in [6.45, 7) is 1.35. The Labute approximate surface area is 208 Å². The summed E-state index contributed by atoms with van der Waals surface area (Å²) in [5.41, 5.74) is 2.85. The molecular formula is C28H28N2O4S. The number of aliphatic hydroxyl groups excluding tert-OH is 1. The average molecular weight is 489 g/mol. The molecule has 35 heavy (non-hydrogen) atoms. The first kappa shape index (κ1) is 23.6. The molecule has 2 unspecified atom stereocenters. The maximum atomic E-state index is 13.2. The maximum absolute atomic E-state index is 13.2. The molecule has 7 heteroatoms. The summed E-state index contributed by atoms with van der Waals surface area (Å²) >= 11 is 1.37. The third-order valence-electron chi connectivity index (χ3n) is 6.05. The number of nitrogens with zero attached hydrogens (tertiary/aromatic N) is 2. The quantitative estimate of drug-likeness (QED) is 0.270. The van der Waals surface area contributed by atoms with Gasteiger partial charge in [0.15, 0.2) is 5.16 Å². The van der Waals surface area contributed by atoms with E-state index >= 15 is 0 Å². The molecular weight excluding hydrogens is 460 g/mol. The van der Waals surface area contributed by atoms with E-state index in [1.165, 1.54) is 11.8 Å². The van der Waals surface area contributed by atoms with Gasteiger partial charge in [-0.15, -0.1) is 0 Å². The molecule has 5 rings (SSSR count). The molecule has 1 fully saturated rings. The van der Waals surface area contributed by atoms with E-state index in [-0.39, 0.29) is 18.3 Å². The zero-order valence-electron chi connectivity index (χ0n) is 19.4. The highest BCUT2D eigenvalue weighted by Crippen LogP contribution is 2.24. The van der Waals surface area contributed by atoms with Gasteiger partial charge in [0.2, 0.25) is 0 Å². The Kier molecular flexibility index (Phi) is 7.47. The fourth-order valence-electron chi connectivity index (χ4n) is 4.20. The SMILES string of the molecule is O=c1c2ccccc2nc(SCC(O)COc2ccc(-c3ccccc3)cc2)n1CC1CCCO1. The number of para-hydroxylation sites is 1. The largest absolute Gasteiger partial charge is 0.491 e. The van der Waals surface area contributed by atoms with Crippen LogP contribution >= 0.6 is 11.8 Å². The lowest BCUT2D eigenvalue weighted by molar-refractivity contribution is 0.0937. The fraction of sp³-hybridized carbons (Fsp3) is 0.286. The summed E-state index contributed by atoms with van der Waals surface area (Å²) < 4.78 is 13.3. The van der Waals surface area contributed by atoms with Crippen molar-refractivity contribution in [3.8, 4) is 16.9 Å². The Morgan fingerprint density at radius 2 is 1.77 bits per heavy atom. The van der Waals surface area contributed by atoms with Gasteiger partial charge in [-0.25, -0.2) is 4.98 Å². The zero-order chi connectivity index (χ0) is 24.0. The van der Waals surface area contributed by atoms with Crippen LogP contribution in [0.15, 0.2) is 88.8 Å². The van der Waals surface area contributed by atoms with Gasteiger partial charge in [0, 0.05) is 12.4 Å². The molecule has 1 aromatic heterocycles. The van der Waals surface area contributed by atoms with Crippen molar-refractivity contribution in [3.05, 3.63) is 89.2 Å². The van der Waals surface area contributed by atoms with E-state index in [0.29, 0.717) is 34.1 Å². The molecule has 0 saturated carbocycles. The molecule has 0 radical (unpaired) electrons.